The van der Waals surface area contributed by atoms with Crippen LogP contribution in [0.3, 0.4) is 0 Å². The monoisotopic (exact) mass is 261 g/mol. The Bertz CT molecular complexity index is 375. The molecule has 1 fully saturated rings. The number of likely N-dealkylation sites (tertiary alicyclic amines) is 1. The number of anilines is 1. The molecule has 3 heteroatoms. The van der Waals surface area contributed by atoms with Crippen LogP contribution in [0.25, 0.3) is 0 Å². The highest BCUT2D eigenvalue weighted by Gasteiger charge is 2.21. The van der Waals surface area contributed by atoms with Gasteiger partial charge in [-0.05, 0) is 56.5 Å². The summed E-state index contributed by atoms with van der Waals surface area (Å²) in [5.41, 5.74) is 8.66. The molecule has 1 aliphatic heterocycles. The summed E-state index contributed by atoms with van der Waals surface area (Å²) in [6.45, 7) is 5.57. The molecule has 0 aromatic heterocycles. The fourth-order valence-corrected chi connectivity index (χ4v) is 2.79. The van der Waals surface area contributed by atoms with E-state index < -0.39 is 0 Å². The molecular weight excluding hydrogens is 234 g/mol. The Labute approximate surface area is 117 Å². The topological polar surface area (TPSA) is 32.5 Å². The molecule has 2 N–H and O–H groups in total. The van der Waals surface area contributed by atoms with E-state index in [0.717, 1.165) is 6.54 Å². The number of nitrogens with zero attached hydrogens (tertiary/aromatic N) is 2. The molecule has 1 aromatic rings. The Balaban J connectivity index is 1.85. The first-order valence-electron chi connectivity index (χ1n) is 7.30. The van der Waals surface area contributed by atoms with Crippen molar-refractivity contribution in [2.24, 2.45) is 11.7 Å². The van der Waals surface area contributed by atoms with Gasteiger partial charge < -0.3 is 10.6 Å². The third-order valence-corrected chi connectivity index (χ3v) is 4.23. The molecule has 0 bridgehead atoms. The van der Waals surface area contributed by atoms with E-state index in [4.69, 9.17) is 5.73 Å². The molecule has 0 radical (unpaired) electrons. The van der Waals surface area contributed by atoms with Crippen LogP contribution in [-0.4, -0.2) is 38.1 Å². The Kier molecular flexibility index (Phi) is 4.83. The number of rotatable bonds is 4. The highest BCUT2D eigenvalue weighted by Crippen LogP contribution is 2.21. The maximum absolute atomic E-state index is 5.99. The summed E-state index contributed by atoms with van der Waals surface area (Å²) in [6.07, 6.45) is 2.49. The standard InChI is InChI=1S/C16H27N3/c1-13(17)15-8-10-19(11-9-15)12-14-4-6-16(7-5-14)18(2)3/h4-7,13,15H,8-12,17H2,1-3H3. The predicted octanol–water partition coefficient (Wildman–Crippen LogP) is 2.31. The van der Waals surface area contributed by atoms with Crippen LogP contribution in [0.5, 0.6) is 0 Å². The van der Waals surface area contributed by atoms with Gasteiger partial charge in [-0.25, -0.2) is 0 Å². The van der Waals surface area contributed by atoms with E-state index in [1.165, 1.54) is 37.2 Å². The third kappa shape index (κ3) is 3.95. The van der Waals surface area contributed by atoms with Gasteiger partial charge in [0.25, 0.3) is 0 Å². The second-order valence-corrected chi connectivity index (χ2v) is 6.03. The Morgan fingerprint density at radius 3 is 2.26 bits per heavy atom. The fourth-order valence-electron chi connectivity index (χ4n) is 2.79. The van der Waals surface area contributed by atoms with Crippen molar-refractivity contribution in [3.05, 3.63) is 29.8 Å². The van der Waals surface area contributed by atoms with Crippen molar-refractivity contribution in [1.82, 2.24) is 4.90 Å². The molecule has 0 amide bonds. The number of piperidine rings is 1. The molecule has 19 heavy (non-hydrogen) atoms. The highest BCUT2D eigenvalue weighted by atomic mass is 15.1. The molecule has 3 nitrogen and oxygen atoms in total. The number of nitrogens with two attached hydrogens (primary N) is 1. The molecule has 106 valence electrons. The van der Waals surface area contributed by atoms with Gasteiger partial charge in [0.2, 0.25) is 0 Å². The molecule has 0 aliphatic carbocycles. The highest BCUT2D eigenvalue weighted by molar-refractivity contribution is 5.45. The van der Waals surface area contributed by atoms with Crippen LogP contribution in [0.4, 0.5) is 5.69 Å². The van der Waals surface area contributed by atoms with E-state index in [1.807, 2.05) is 0 Å². The zero-order chi connectivity index (χ0) is 13.8. The summed E-state index contributed by atoms with van der Waals surface area (Å²) in [6, 6.07) is 9.23. The minimum atomic E-state index is 0.349. The van der Waals surface area contributed by atoms with E-state index in [0.29, 0.717) is 12.0 Å². The summed E-state index contributed by atoms with van der Waals surface area (Å²) < 4.78 is 0. The minimum Gasteiger partial charge on any atom is -0.378 e. The SMILES string of the molecule is CC(N)C1CCN(Cc2ccc(N(C)C)cc2)CC1. The average molecular weight is 261 g/mol. The smallest absolute Gasteiger partial charge is 0.0361 e. The lowest BCUT2D eigenvalue weighted by Crippen LogP contribution is -2.39. The first kappa shape index (κ1) is 14.4. The summed E-state index contributed by atoms with van der Waals surface area (Å²) in [5, 5.41) is 0. The molecule has 0 saturated carbocycles. The molecule has 1 atom stereocenters. The van der Waals surface area contributed by atoms with Crippen molar-refractivity contribution < 1.29 is 0 Å². The van der Waals surface area contributed by atoms with Gasteiger partial charge in [-0.1, -0.05) is 12.1 Å². The summed E-state index contributed by atoms with van der Waals surface area (Å²) in [5.74, 6) is 0.715. The van der Waals surface area contributed by atoms with Crippen LogP contribution >= 0.6 is 0 Å². The first-order chi connectivity index (χ1) is 9.06. The van der Waals surface area contributed by atoms with Crippen molar-refractivity contribution in [3.8, 4) is 0 Å². The fraction of sp³-hybridized carbons (Fsp3) is 0.625. The average Bonchev–Trinajstić information content (AvgIpc) is 2.40. The maximum atomic E-state index is 5.99. The van der Waals surface area contributed by atoms with E-state index in [-0.39, 0.29) is 0 Å². The molecule has 1 unspecified atom stereocenters. The summed E-state index contributed by atoms with van der Waals surface area (Å²) in [4.78, 5) is 4.68. The van der Waals surface area contributed by atoms with Gasteiger partial charge in [-0.3, -0.25) is 4.90 Å². The van der Waals surface area contributed by atoms with Gasteiger partial charge >= 0.3 is 0 Å². The molecule has 0 spiro atoms. The molecule has 1 aliphatic rings. The van der Waals surface area contributed by atoms with Gasteiger partial charge in [0.1, 0.15) is 0 Å². The van der Waals surface area contributed by atoms with E-state index >= 15 is 0 Å². The normalized spacial score (nSPS) is 19.4. The maximum Gasteiger partial charge on any atom is 0.0361 e. The van der Waals surface area contributed by atoms with Crippen molar-refractivity contribution in [2.45, 2.75) is 32.4 Å². The van der Waals surface area contributed by atoms with Crippen LogP contribution in [0.1, 0.15) is 25.3 Å². The van der Waals surface area contributed by atoms with Crippen LogP contribution < -0.4 is 10.6 Å². The number of hydrogen-bond acceptors (Lipinski definition) is 3. The van der Waals surface area contributed by atoms with Gasteiger partial charge in [-0.2, -0.15) is 0 Å². The van der Waals surface area contributed by atoms with Crippen molar-refractivity contribution >= 4 is 5.69 Å². The molecule has 1 heterocycles. The van der Waals surface area contributed by atoms with E-state index in [1.54, 1.807) is 0 Å². The Morgan fingerprint density at radius 1 is 1.21 bits per heavy atom. The van der Waals surface area contributed by atoms with Gasteiger partial charge in [0, 0.05) is 32.4 Å². The van der Waals surface area contributed by atoms with Crippen LogP contribution in [0.15, 0.2) is 24.3 Å². The van der Waals surface area contributed by atoms with E-state index in [9.17, 15) is 0 Å². The molecule has 2 rings (SSSR count). The molecule has 1 aromatic carbocycles. The largest absolute Gasteiger partial charge is 0.378 e. The van der Waals surface area contributed by atoms with Crippen LogP contribution in [0, 0.1) is 5.92 Å². The van der Waals surface area contributed by atoms with Crippen LogP contribution in [0.2, 0.25) is 0 Å². The second kappa shape index (κ2) is 6.40. The first-order valence-corrected chi connectivity index (χ1v) is 7.30. The Morgan fingerprint density at radius 2 is 1.79 bits per heavy atom. The zero-order valence-electron chi connectivity index (χ0n) is 12.5. The third-order valence-electron chi connectivity index (χ3n) is 4.23. The lowest BCUT2D eigenvalue weighted by atomic mass is 9.91. The van der Waals surface area contributed by atoms with Gasteiger partial charge in [0.15, 0.2) is 0 Å². The zero-order valence-corrected chi connectivity index (χ0v) is 12.5. The number of benzene rings is 1. The minimum absolute atomic E-state index is 0.349. The predicted molar refractivity (Wildman–Crippen MR) is 82.4 cm³/mol. The lowest BCUT2D eigenvalue weighted by molar-refractivity contribution is 0.166. The van der Waals surface area contributed by atoms with E-state index in [2.05, 4.69) is 55.1 Å². The van der Waals surface area contributed by atoms with Crippen LogP contribution in [-0.2, 0) is 6.54 Å². The summed E-state index contributed by atoms with van der Waals surface area (Å²) >= 11 is 0. The van der Waals surface area contributed by atoms with Crippen molar-refractivity contribution in [3.63, 3.8) is 0 Å². The number of hydrogen-bond donors (Lipinski definition) is 1. The molecule has 1 saturated heterocycles. The summed E-state index contributed by atoms with van der Waals surface area (Å²) in [7, 11) is 4.15. The Hall–Kier alpha value is -1.06. The van der Waals surface area contributed by atoms with Crippen molar-refractivity contribution in [1.29, 1.82) is 0 Å². The molecular formula is C16H27N3. The van der Waals surface area contributed by atoms with Gasteiger partial charge in [0.05, 0.1) is 0 Å². The quantitative estimate of drug-likeness (QED) is 0.903. The van der Waals surface area contributed by atoms with Gasteiger partial charge in [-0.15, -0.1) is 0 Å². The second-order valence-electron chi connectivity index (χ2n) is 6.03. The van der Waals surface area contributed by atoms with Crippen molar-refractivity contribution in [2.75, 3.05) is 32.1 Å². The lowest BCUT2D eigenvalue weighted by Gasteiger charge is -2.33.